The van der Waals surface area contributed by atoms with Crippen LogP contribution in [0.15, 0.2) is 47.8 Å². The van der Waals surface area contributed by atoms with Gasteiger partial charge in [0.2, 0.25) is 0 Å². The fraction of sp³-hybridized carbons (Fsp3) is 0.278. The van der Waals surface area contributed by atoms with Crippen LogP contribution in [0.4, 0.5) is 0 Å². The number of halogens is 2. The quantitative estimate of drug-likeness (QED) is 0.823. The maximum atomic E-state index is 13.2. The summed E-state index contributed by atoms with van der Waals surface area (Å²) in [6.07, 6.45) is 3.39. The van der Waals surface area contributed by atoms with Gasteiger partial charge in [-0.1, -0.05) is 43.1 Å². The lowest BCUT2D eigenvalue weighted by atomic mass is 9.66. The van der Waals surface area contributed by atoms with Crippen LogP contribution in [0.2, 0.25) is 10.0 Å². The number of hydrazone groups is 1. The summed E-state index contributed by atoms with van der Waals surface area (Å²) in [7, 11) is 1.67. The van der Waals surface area contributed by atoms with E-state index in [0.717, 1.165) is 11.1 Å². The highest BCUT2D eigenvalue weighted by Crippen LogP contribution is 2.43. The molecule has 0 bridgehead atoms. The molecule has 1 atom stereocenters. The normalized spacial score (nSPS) is 20.7. The number of benzene rings is 1. The number of pyridine rings is 1. The molecule has 0 spiro atoms. The Hall–Kier alpha value is -1.91. The number of hydrogen-bond acceptors (Lipinski definition) is 3. The van der Waals surface area contributed by atoms with Gasteiger partial charge in [0, 0.05) is 25.0 Å². The Balaban J connectivity index is 2.29. The van der Waals surface area contributed by atoms with E-state index in [1.807, 2.05) is 32.0 Å². The molecule has 24 heavy (non-hydrogen) atoms. The van der Waals surface area contributed by atoms with Gasteiger partial charge in [-0.25, -0.2) is 5.01 Å². The largest absolute Gasteiger partial charge is 0.271 e. The average molecular weight is 362 g/mol. The predicted octanol–water partition coefficient (Wildman–Crippen LogP) is 4.16. The molecule has 1 aliphatic heterocycles. The second kappa shape index (κ2) is 6.19. The first-order valence-corrected chi connectivity index (χ1v) is 8.37. The van der Waals surface area contributed by atoms with Crippen LogP contribution < -0.4 is 0 Å². The van der Waals surface area contributed by atoms with Crippen molar-refractivity contribution in [3.8, 4) is 0 Å². The zero-order valence-corrected chi connectivity index (χ0v) is 15.1. The molecule has 2 aromatic rings. The zero-order chi connectivity index (χ0) is 17.5. The fourth-order valence-corrected chi connectivity index (χ4v) is 3.58. The first-order valence-electron chi connectivity index (χ1n) is 7.62. The Labute approximate surface area is 151 Å². The van der Waals surface area contributed by atoms with E-state index in [0.29, 0.717) is 15.8 Å². The lowest BCUT2D eigenvalue weighted by Crippen LogP contribution is -2.47. The summed E-state index contributed by atoms with van der Waals surface area (Å²) in [6.45, 7) is 4.02. The molecule has 2 heterocycles. The number of likely N-dealkylation sites (N-methyl/N-ethyl adjacent to an activating group) is 1. The minimum Gasteiger partial charge on any atom is -0.271 e. The summed E-state index contributed by atoms with van der Waals surface area (Å²) < 4.78 is 0. The van der Waals surface area contributed by atoms with Gasteiger partial charge in [0.25, 0.3) is 5.91 Å². The lowest BCUT2D eigenvalue weighted by Gasteiger charge is -2.33. The molecule has 6 heteroatoms. The van der Waals surface area contributed by atoms with Crippen molar-refractivity contribution in [1.82, 2.24) is 9.99 Å². The third kappa shape index (κ3) is 2.41. The van der Waals surface area contributed by atoms with Crippen molar-refractivity contribution < 1.29 is 4.79 Å². The Kier molecular flexibility index (Phi) is 4.37. The van der Waals surface area contributed by atoms with E-state index >= 15 is 0 Å². The summed E-state index contributed by atoms with van der Waals surface area (Å²) in [6, 6.07) is 9.05. The molecule has 1 aromatic heterocycles. The number of hydrogen-bond donors (Lipinski definition) is 0. The van der Waals surface area contributed by atoms with E-state index in [-0.39, 0.29) is 11.8 Å². The van der Waals surface area contributed by atoms with Crippen molar-refractivity contribution in [2.75, 3.05) is 7.05 Å². The summed E-state index contributed by atoms with van der Waals surface area (Å²) >= 11 is 12.3. The number of carbonyl (C=O) groups is 1. The van der Waals surface area contributed by atoms with Gasteiger partial charge in [0.05, 0.1) is 15.8 Å². The standard InChI is InChI=1S/C18H17Cl2N3O/c1-11(2)18(13-4-5-14(19)15(20)10-13)16(22-23(3)17(18)24)12-6-8-21-9-7-12/h4-11H,1-3H3. The minimum atomic E-state index is -0.912. The number of amides is 1. The Bertz CT molecular complexity index is 820. The molecular weight excluding hydrogens is 345 g/mol. The van der Waals surface area contributed by atoms with Crippen LogP contribution in [-0.4, -0.2) is 28.7 Å². The molecule has 4 nitrogen and oxygen atoms in total. The molecule has 0 N–H and O–H groups in total. The molecule has 0 aliphatic carbocycles. The molecule has 0 fully saturated rings. The summed E-state index contributed by atoms with van der Waals surface area (Å²) in [5.41, 5.74) is 1.44. The SMILES string of the molecule is CC(C)C1(c2ccc(Cl)c(Cl)c2)C(=O)N(C)N=C1c1ccncc1. The van der Waals surface area contributed by atoms with Crippen LogP contribution in [0, 0.1) is 5.92 Å². The molecule has 1 aliphatic rings. The Morgan fingerprint density at radius 2 is 1.75 bits per heavy atom. The maximum absolute atomic E-state index is 13.2. The summed E-state index contributed by atoms with van der Waals surface area (Å²) in [5, 5.41) is 6.82. The molecule has 1 amide bonds. The van der Waals surface area contributed by atoms with Gasteiger partial charge in [0.1, 0.15) is 5.41 Å². The second-order valence-corrected chi connectivity index (χ2v) is 6.92. The smallest absolute Gasteiger partial charge is 0.259 e. The third-order valence-corrected chi connectivity index (χ3v) is 5.19. The van der Waals surface area contributed by atoms with E-state index < -0.39 is 5.41 Å². The maximum Gasteiger partial charge on any atom is 0.259 e. The van der Waals surface area contributed by atoms with Crippen molar-refractivity contribution in [2.24, 2.45) is 11.0 Å². The number of carbonyl (C=O) groups excluding carboxylic acids is 1. The number of rotatable bonds is 3. The van der Waals surface area contributed by atoms with Gasteiger partial charge in [-0.05, 0) is 35.7 Å². The van der Waals surface area contributed by atoms with E-state index in [1.165, 1.54) is 5.01 Å². The van der Waals surface area contributed by atoms with Gasteiger partial charge in [-0.2, -0.15) is 5.10 Å². The molecule has 0 radical (unpaired) electrons. The monoisotopic (exact) mass is 361 g/mol. The Morgan fingerprint density at radius 3 is 2.33 bits per heavy atom. The molecule has 1 aromatic carbocycles. The Morgan fingerprint density at radius 1 is 1.08 bits per heavy atom. The van der Waals surface area contributed by atoms with Crippen LogP contribution in [0.5, 0.6) is 0 Å². The minimum absolute atomic E-state index is 0.0286. The van der Waals surface area contributed by atoms with Crippen LogP contribution in [0.1, 0.15) is 25.0 Å². The highest BCUT2D eigenvalue weighted by molar-refractivity contribution is 6.42. The fourth-order valence-electron chi connectivity index (χ4n) is 3.28. The van der Waals surface area contributed by atoms with E-state index in [2.05, 4.69) is 10.1 Å². The van der Waals surface area contributed by atoms with Gasteiger partial charge in [0.15, 0.2) is 0 Å². The first kappa shape index (κ1) is 16.9. The zero-order valence-electron chi connectivity index (χ0n) is 13.6. The molecular formula is C18H17Cl2N3O. The van der Waals surface area contributed by atoms with Crippen molar-refractivity contribution >= 4 is 34.8 Å². The topological polar surface area (TPSA) is 45.6 Å². The lowest BCUT2D eigenvalue weighted by molar-refractivity contribution is -0.133. The van der Waals surface area contributed by atoms with E-state index in [4.69, 9.17) is 23.2 Å². The van der Waals surface area contributed by atoms with Crippen molar-refractivity contribution in [3.63, 3.8) is 0 Å². The molecule has 0 saturated carbocycles. The molecule has 0 saturated heterocycles. The summed E-state index contributed by atoms with van der Waals surface area (Å²) in [4.78, 5) is 17.2. The van der Waals surface area contributed by atoms with Gasteiger partial charge < -0.3 is 0 Å². The van der Waals surface area contributed by atoms with Gasteiger partial charge in [-0.15, -0.1) is 0 Å². The van der Waals surface area contributed by atoms with E-state index in [1.54, 1.807) is 31.6 Å². The highest BCUT2D eigenvalue weighted by atomic mass is 35.5. The molecule has 124 valence electrons. The van der Waals surface area contributed by atoms with Crippen LogP contribution in [0.3, 0.4) is 0 Å². The van der Waals surface area contributed by atoms with Crippen molar-refractivity contribution in [1.29, 1.82) is 0 Å². The number of nitrogens with zero attached hydrogens (tertiary/aromatic N) is 3. The van der Waals surface area contributed by atoms with Crippen molar-refractivity contribution in [2.45, 2.75) is 19.3 Å². The van der Waals surface area contributed by atoms with Crippen LogP contribution in [-0.2, 0) is 10.2 Å². The molecule has 1 unspecified atom stereocenters. The predicted molar refractivity (Wildman–Crippen MR) is 96.5 cm³/mol. The second-order valence-electron chi connectivity index (χ2n) is 6.10. The molecule has 3 rings (SSSR count). The van der Waals surface area contributed by atoms with Gasteiger partial charge >= 0.3 is 0 Å². The highest BCUT2D eigenvalue weighted by Gasteiger charge is 2.54. The van der Waals surface area contributed by atoms with Crippen LogP contribution in [0.25, 0.3) is 0 Å². The third-order valence-electron chi connectivity index (χ3n) is 4.45. The van der Waals surface area contributed by atoms with Crippen LogP contribution >= 0.6 is 23.2 Å². The first-order chi connectivity index (χ1) is 11.4. The average Bonchev–Trinajstić information content (AvgIpc) is 2.84. The summed E-state index contributed by atoms with van der Waals surface area (Å²) in [5.74, 6) is -0.109. The van der Waals surface area contributed by atoms with Gasteiger partial charge in [-0.3, -0.25) is 9.78 Å². The number of aromatic nitrogens is 1. The van der Waals surface area contributed by atoms with E-state index in [9.17, 15) is 4.79 Å². The van der Waals surface area contributed by atoms with Crippen molar-refractivity contribution in [3.05, 3.63) is 63.9 Å².